The number of alkyl halides is 2. The Kier molecular flexibility index (Phi) is 9.04. The van der Waals surface area contributed by atoms with Crippen LogP contribution in [0.4, 0.5) is 35.1 Å². The van der Waals surface area contributed by atoms with E-state index in [4.69, 9.17) is 0 Å². The highest BCUT2D eigenvalue weighted by Gasteiger charge is 2.41. The number of hydrogen-bond donors (Lipinski definition) is 0. The Labute approximate surface area is 253 Å². The van der Waals surface area contributed by atoms with Gasteiger partial charge in [-0.05, 0) is 66.3 Å². The fourth-order valence-electron chi connectivity index (χ4n) is 4.72. The summed E-state index contributed by atoms with van der Waals surface area (Å²) < 4.78 is 118. The molecule has 4 aromatic carbocycles. The van der Waals surface area contributed by atoms with Crippen molar-refractivity contribution in [2.45, 2.75) is 25.9 Å². The number of aryl methyl sites for hydroxylation is 1. The molecule has 0 saturated heterocycles. The molecule has 0 unspecified atom stereocenters. The van der Waals surface area contributed by atoms with Crippen LogP contribution in [0.2, 0.25) is 0 Å². The molecule has 5 rings (SSSR count). The number of pyridine rings is 1. The summed E-state index contributed by atoms with van der Waals surface area (Å²) in [6, 6.07) is 16.2. The number of rotatable bonds is 9. The Bertz CT molecular complexity index is 1820. The molecular weight excluding hydrogens is 602 g/mol. The van der Waals surface area contributed by atoms with E-state index in [0.29, 0.717) is 23.3 Å². The summed E-state index contributed by atoms with van der Waals surface area (Å²) in [5, 5.41) is 0. The number of halogens is 8. The first-order chi connectivity index (χ1) is 21.5. The highest BCUT2D eigenvalue weighted by molar-refractivity contribution is 5.73. The first-order valence-corrected chi connectivity index (χ1v) is 13.6. The van der Waals surface area contributed by atoms with Gasteiger partial charge in [0.25, 0.3) is 0 Å². The van der Waals surface area contributed by atoms with Gasteiger partial charge in [-0.25, -0.2) is 26.3 Å². The molecule has 0 atom stereocenters. The second-order valence-corrected chi connectivity index (χ2v) is 10.1. The molecule has 0 aliphatic rings. The Morgan fingerprint density at radius 2 is 1.27 bits per heavy atom. The van der Waals surface area contributed by atoms with Crippen LogP contribution in [0.1, 0.15) is 24.5 Å². The van der Waals surface area contributed by atoms with Crippen molar-refractivity contribution < 1.29 is 39.9 Å². The minimum Gasteiger partial charge on any atom is -0.429 e. The van der Waals surface area contributed by atoms with Crippen molar-refractivity contribution in [3.8, 4) is 39.3 Å². The fraction of sp³-hybridized carbons (Fsp3) is 0.114. The van der Waals surface area contributed by atoms with E-state index in [1.54, 1.807) is 12.1 Å². The lowest BCUT2D eigenvalue weighted by Crippen LogP contribution is -2.25. The third-order valence-electron chi connectivity index (χ3n) is 6.99. The predicted molar refractivity (Wildman–Crippen MR) is 154 cm³/mol. The van der Waals surface area contributed by atoms with Crippen LogP contribution in [0.15, 0.2) is 97.2 Å². The van der Waals surface area contributed by atoms with Crippen LogP contribution in [-0.2, 0) is 12.5 Å². The molecule has 0 bridgehead atoms. The Balaban J connectivity index is 1.35. The van der Waals surface area contributed by atoms with Gasteiger partial charge in [0.05, 0.1) is 5.69 Å². The largest absolute Gasteiger partial charge is 0.432 e. The van der Waals surface area contributed by atoms with Gasteiger partial charge >= 0.3 is 6.11 Å². The van der Waals surface area contributed by atoms with Gasteiger partial charge < -0.3 is 4.74 Å². The maximum Gasteiger partial charge on any atom is 0.432 e. The highest BCUT2D eigenvalue weighted by Crippen LogP contribution is 2.38. The highest BCUT2D eigenvalue weighted by atomic mass is 19.3. The molecule has 230 valence electrons. The van der Waals surface area contributed by atoms with Crippen LogP contribution in [0.3, 0.4) is 0 Å². The number of nitrogens with zero attached hydrogens (tertiary/aromatic N) is 1. The lowest BCUT2D eigenvalue weighted by Gasteiger charge is -2.20. The average molecular weight is 626 g/mol. The van der Waals surface area contributed by atoms with Crippen molar-refractivity contribution in [1.29, 1.82) is 0 Å². The fourth-order valence-corrected chi connectivity index (χ4v) is 4.72. The van der Waals surface area contributed by atoms with Gasteiger partial charge in [0.15, 0.2) is 17.5 Å². The molecule has 0 amide bonds. The minimum atomic E-state index is -4.76. The van der Waals surface area contributed by atoms with E-state index in [1.807, 2.05) is 43.5 Å². The summed E-state index contributed by atoms with van der Waals surface area (Å²) in [4.78, 5) is 4.51. The normalized spacial score (nSPS) is 11.8. The minimum absolute atomic E-state index is 0.0998. The van der Waals surface area contributed by atoms with Gasteiger partial charge in [-0.2, -0.15) is 8.78 Å². The average Bonchev–Trinajstić information content (AvgIpc) is 2.99. The number of benzene rings is 4. The zero-order valence-electron chi connectivity index (χ0n) is 23.5. The Morgan fingerprint density at radius 1 is 0.667 bits per heavy atom. The zero-order chi connectivity index (χ0) is 32.3. The predicted octanol–water partition coefficient (Wildman–Crippen LogP) is 10.6. The molecule has 0 fully saturated rings. The molecule has 0 radical (unpaired) electrons. The summed E-state index contributed by atoms with van der Waals surface area (Å²) in [5.41, 5.74) is 1.27. The standard InChI is InChI=1S/C35H23F8NO/c1-2-3-4-5-20-6-13-32(44-19-20)22-9-7-21(8-10-22)23-11-12-26(27(36)14-23)24-15-28(37)33(29(38)16-24)35(42,43)45-25-17-30(39)34(41)31(40)18-25/h2-3,6-19H,4-5H2,1H3. The quantitative estimate of drug-likeness (QED) is 0.0924. The van der Waals surface area contributed by atoms with Crippen molar-refractivity contribution in [3.05, 3.63) is 143 Å². The van der Waals surface area contributed by atoms with Crippen molar-refractivity contribution in [3.63, 3.8) is 0 Å². The third-order valence-corrected chi connectivity index (χ3v) is 6.99. The van der Waals surface area contributed by atoms with E-state index >= 15 is 4.39 Å². The summed E-state index contributed by atoms with van der Waals surface area (Å²) in [7, 11) is 0. The molecule has 1 aromatic heterocycles. The lowest BCUT2D eigenvalue weighted by atomic mass is 9.97. The monoisotopic (exact) mass is 625 g/mol. The number of hydrogen-bond acceptors (Lipinski definition) is 2. The molecule has 0 aliphatic heterocycles. The topological polar surface area (TPSA) is 22.1 Å². The Morgan fingerprint density at radius 3 is 1.84 bits per heavy atom. The molecule has 0 spiro atoms. The first-order valence-electron chi connectivity index (χ1n) is 13.6. The van der Waals surface area contributed by atoms with Crippen LogP contribution in [0.5, 0.6) is 5.75 Å². The van der Waals surface area contributed by atoms with E-state index in [1.165, 1.54) is 12.1 Å². The smallest absolute Gasteiger partial charge is 0.429 e. The van der Waals surface area contributed by atoms with Crippen molar-refractivity contribution in [2.24, 2.45) is 0 Å². The molecule has 5 aromatic rings. The summed E-state index contributed by atoms with van der Waals surface area (Å²) in [6.45, 7) is 1.97. The SMILES string of the molecule is CC=CCCc1ccc(-c2ccc(-c3ccc(-c4cc(F)c(C(F)(F)Oc5cc(F)c(F)c(F)c5)c(F)c4)c(F)c3)cc2)nc1. The van der Waals surface area contributed by atoms with Gasteiger partial charge in [0.1, 0.15) is 28.8 Å². The summed E-state index contributed by atoms with van der Waals surface area (Å²) >= 11 is 0. The lowest BCUT2D eigenvalue weighted by molar-refractivity contribution is -0.189. The molecule has 1 heterocycles. The molecule has 10 heteroatoms. The van der Waals surface area contributed by atoms with E-state index in [2.05, 4.69) is 15.8 Å². The van der Waals surface area contributed by atoms with E-state index in [-0.39, 0.29) is 23.3 Å². The van der Waals surface area contributed by atoms with E-state index < -0.39 is 52.3 Å². The molecule has 0 aliphatic carbocycles. The number of aromatic nitrogens is 1. The van der Waals surface area contributed by atoms with Crippen LogP contribution >= 0.6 is 0 Å². The molecule has 0 N–H and O–H groups in total. The molecule has 0 saturated carbocycles. The number of allylic oxidation sites excluding steroid dienone is 2. The van der Waals surface area contributed by atoms with Crippen LogP contribution in [-0.4, -0.2) is 4.98 Å². The third kappa shape index (κ3) is 6.90. The first kappa shape index (κ1) is 31.4. The van der Waals surface area contributed by atoms with Crippen LogP contribution in [0, 0.1) is 34.9 Å². The van der Waals surface area contributed by atoms with E-state index in [0.717, 1.165) is 35.7 Å². The second-order valence-electron chi connectivity index (χ2n) is 10.1. The van der Waals surface area contributed by atoms with Gasteiger partial charge in [-0.15, -0.1) is 0 Å². The van der Waals surface area contributed by atoms with Crippen molar-refractivity contribution >= 4 is 0 Å². The van der Waals surface area contributed by atoms with Gasteiger partial charge in [-0.3, -0.25) is 4.98 Å². The summed E-state index contributed by atoms with van der Waals surface area (Å²) in [5.74, 6) is -11.3. The van der Waals surface area contributed by atoms with E-state index in [9.17, 15) is 30.7 Å². The summed E-state index contributed by atoms with van der Waals surface area (Å²) in [6.07, 6.45) is 2.94. The van der Waals surface area contributed by atoms with Gasteiger partial charge in [0, 0.05) is 29.5 Å². The van der Waals surface area contributed by atoms with Crippen molar-refractivity contribution in [2.75, 3.05) is 0 Å². The number of ether oxygens (including phenoxy) is 1. The second kappa shape index (κ2) is 12.9. The molecule has 2 nitrogen and oxygen atoms in total. The van der Waals surface area contributed by atoms with Crippen molar-refractivity contribution in [1.82, 2.24) is 4.98 Å². The van der Waals surface area contributed by atoms with Crippen LogP contribution < -0.4 is 4.74 Å². The van der Waals surface area contributed by atoms with Crippen LogP contribution in [0.25, 0.3) is 33.5 Å². The maximum absolute atomic E-state index is 15.2. The Hall–Kier alpha value is -4.99. The zero-order valence-corrected chi connectivity index (χ0v) is 23.5. The van der Waals surface area contributed by atoms with Gasteiger partial charge in [0.2, 0.25) is 0 Å². The maximum atomic E-state index is 15.2. The molecule has 45 heavy (non-hydrogen) atoms. The molecular formula is C35H23F8NO. The van der Waals surface area contributed by atoms with Gasteiger partial charge in [-0.1, -0.05) is 54.6 Å².